The van der Waals surface area contributed by atoms with Crippen molar-refractivity contribution < 1.29 is 46.7 Å². The van der Waals surface area contributed by atoms with Crippen LogP contribution in [-0.2, 0) is 14.6 Å². The van der Waals surface area contributed by atoms with Crippen molar-refractivity contribution in [3.05, 3.63) is 12.2 Å². The first-order chi connectivity index (χ1) is 13.0. The molecule has 0 fully saturated rings. The van der Waals surface area contributed by atoms with E-state index in [1.54, 1.807) is 0 Å². The number of hydrogen-bond acceptors (Lipinski definition) is 4. The minimum atomic E-state index is -4.60. The third-order valence-electron chi connectivity index (χ3n) is 4.99. The van der Waals surface area contributed by atoms with Crippen LogP contribution in [0, 0.1) is 5.92 Å². The van der Waals surface area contributed by atoms with Crippen molar-refractivity contribution >= 4 is 10.4 Å². The fourth-order valence-electron chi connectivity index (χ4n) is 3.28. The average molecular weight is 427 g/mol. The van der Waals surface area contributed by atoms with Crippen molar-refractivity contribution in [2.24, 2.45) is 5.92 Å². The van der Waals surface area contributed by atoms with Gasteiger partial charge in [-0.15, -0.1) is 0 Å². The topological polar surface area (TPSA) is 66.4 Å². The van der Waals surface area contributed by atoms with E-state index < -0.39 is 10.4 Å². The quantitative estimate of drug-likeness (QED) is 0.0973. The normalized spacial score (nSPS) is 13.0. The molecule has 0 saturated heterocycles. The Morgan fingerprint density at radius 2 is 1.25 bits per heavy atom. The maximum Gasteiger partial charge on any atom is 1.00 e. The molecular weight excluding hydrogens is 383 g/mol. The molecule has 28 heavy (non-hydrogen) atoms. The van der Waals surface area contributed by atoms with Gasteiger partial charge in [0.2, 0.25) is 10.4 Å². The summed E-state index contributed by atoms with van der Waals surface area (Å²) >= 11 is 0. The second kappa shape index (κ2) is 22.3. The van der Waals surface area contributed by atoms with Gasteiger partial charge in [0.1, 0.15) is 0 Å². The van der Waals surface area contributed by atoms with Crippen molar-refractivity contribution in [3.8, 4) is 0 Å². The Bertz CT molecular complexity index is 438. The molecule has 1 unspecified atom stereocenters. The summed E-state index contributed by atoms with van der Waals surface area (Å²) in [7, 11) is -4.60. The largest absolute Gasteiger partial charge is 1.00 e. The van der Waals surface area contributed by atoms with Gasteiger partial charge in [-0.3, -0.25) is 4.18 Å². The molecule has 0 saturated carbocycles. The number of allylic oxidation sites excluding steroid dienone is 1. The van der Waals surface area contributed by atoms with E-state index in [0.717, 1.165) is 25.7 Å². The first-order valence-corrected chi connectivity index (χ1v) is 12.6. The molecule has 0 aliphatic carbocycles. The van der Waals surface area contributed by atoms with Gasteiger partial charge in [0, 0.05) is 5.92 Å². The zero-order chi connectivity index (χ0) is 20.2. The van der Waals surface area contributed by atoms with Crippen molar-refractivity contribution in [1.29, 1.82) is 0 Å². The smallest absolute Gasteiger partial charge is 0.726 e. The van der Waals surface area contributed by atoms with E-state index in [1.165, 1.54) is 77.0 Å². The third kappa shape index (κ3) is 24.6. The molecule has 0 aromatic carbocycles. The second-order valence-electron chi connectivity index (χ2n) is 7.70. The van der Waals surface area contributed by atoms with Crippen molar-refractivity contribution in [2.75, 3.05) is 6.61 Å². The Hall–Kier alpha value is 0.610. The molecule has 0 aromatic heterocycles. The van der Waals surface area contributed by atoms with E-state index in [9.17, 15) is 13.0 Å². The molecule has 0 amide bonds. The fraction of sp³-hybridized carbons (Fsp3) is 0.909. The van der Waals surface area contributed by atoms with Crippen LogP contribution in [0.15, 0.2) is 12.2 Å². The van der Waals surface area contributed by atoms with E-state index in [0.29, 0.717) is 0 Å². The average Bonchev–Trinajstić information content (AvgIpc) is 2.62. The molecule has 0 rings (SSSR count). The summed E-state index contributed by atoms with van der Waals surface area (Å²) < 4.78 is 36.6. The summed E-state index contributed by atoms with van der Waals surface area (Å²) in [5.41, 5.74) is 0. The molecule has 0 aliphatic rings. The molecule has 6 heteroatoms. The number of rotatable bonds is 20. The van der Waals surface area contributed by atoms with Gasteiger partial charge in [-0.05, 0) is 19.3 Å². The van der Waals surface area contributed by atoms with Crippen molar-refractivity contribution in [3.63, 3.8) is 0 Å². The molecule has 0 aliphatic heterocycles. The third-order valence-corrected chi connectivity index (χ3v) is 5.41. The van der Waals surface area contributed by atoms with Gasteiger partial charge in [-0.25, -0.2) is 8.42 Å². The molecule has 162 valence electrons. The minimum absolute atomic E-state index is 0. The summed E-state index contributed by atoms with van der Waals surface area (Å²) in [4.78, 5) is 0. The summed E-state index contributed by atoms with van der Waals surface area (Å²) in [5, 5.41) is 0. The van der Waals surface area contributed by atoms with Crippen LogP contribution < -0.4 is 29.6 Å². The molecule has 0 bridgehead atoms. The molecule has 0 N–H and O–H groups in total. The first-order valence-electron chi connectivity index (χ1n) is 11.3. The SMILES string of the molecule is CCCCCCCCCCC/C=C/C(CCCCCCC)COS(=O)(=O)[O-].[Na+]. The molecular formula is C22H43NaO4S. The van der Waals surface area contributed by atoms with E-state index in [4.69, 9.17) is 0 Å². The standard InChI is InChI=1S/C22H44O4S.Na/c1-3-5-7-9-10-11-12-13-14-16-18-20-22(21-26-27(23,24)25)19-17-15-8-6-4-2;/h18,20,22H,3-17,19,21H2,1-2H3,(H,23,24,25);/q;+1/p-1/b20-18+;. The molecule has 1 atom stereocenters. The Balaban J connectivity index is 0. The Morgan fingerprint density at radius 3 is 1.75 bits per heavy atom. The fourth-order valence-corrected chi connectivity index (χ4v) is 3.62. The molecule has 0 spiro atoms. The van der Waals surface area contributed by atoms with Crippen LogP contribution in [0.25, 0.3) is 0 Å². The monoisotopic (exact) mass is 426 g/mol. The van der Waals surface area contributed by atoms with Crippen LogP contribution in [0.2, 0.25) is 0 Å². The zero-order valence-corrected chi connectivity index (χ0v) is 21.6. The van der Waals surface area contributed by atoms with Gasteiger partial charge in [0.15, 0.2) is 0 Å². The van der Waals surface area contributed by atoms with Crippen molar-refractivity contribution in [2.45, 2.75) is 117 Å². The Labute approximate surface area is 197 Å². The van der Waals surface area contributed by atoms with Crippen LogP contribution in [0.5, 0.6) is 0 Å². The van der Waals surface area contributed by atoms with Gasteiger partial charge in [0.25, 0.3) is 0 Å². The van der Waals surface area contributed by atoms with Crippen LogP contribution in [0.3, 0.4) is 0 Å². The van der Waals surface area contributed by atoms with E-state index >= 15 is 0 Å². The van der Waals surface area contributed by atoms with Crippen LogP contribution in [0.4, 0.5) is 0 Å². The van der Waals surface area contributed by atoms with Gasteiger partial charge in [0.05, 0.1) is 6.61 Å². The molecule has 4 nitrogen and oxygen atoms in total. The predicted octanol–water partition coefficient (Wildman–Crippen LogP) is 3.92. The zero-order valence-electron chi connectivity index (χ0n) is 18.8. The van der Waals surface area contributed by atoms with E-state index in [2.05, 4.69) is 30.2 Å². The van der Waals surface area contributed by atoms with Crippen LogP contribution >= 0.6 is 0 Å². The Morgan fingerprint density at radius 1 is 0.786 bits per heavy atom. The van der Waals surface area contributed by atoms with Crippen LogP contribution in [0.1, 0.15) is 117 Å². The molecule has 0 aromatic rings. The Kier molecular flexibility index (Phi) is 24.5. The van der Waals surface area contributed by atoms with E-state index in [1.807, 2.05) is 0 Å². The first kappa shape index (κ1) is 30.8. The van der Waals surface area contributed by atoms with Gasteiger partial charge < -0.3 is 4.55 Å². The maximum absolute atomic E-state index is 10.7. The minimum Gasteiger partial charge on any atom is -0.726 e. The molecule has 0 radical (unpaired) electrons. The summed E-state index contributed by atoms with van der Waals surface area (Å²) in [6, 6.07) is 0. The summed E-state index contributed by atoms with van der Waals surface area (Å²) in [6.07, 6.45) is 23.8. The van der Waals surface area contributed by atoms with E-state index in [-0.39, 0.29) is 42.1 Å². The summed E-state index contributed by atoms with van der Waals surface area (Å²) in [5.74, 6) is 0.0221. The number of hydrogen-bond donors (Lipinski definition) is 0. The second-order valence-corrected chi connectivity index (χ2v) is 8.75. The molecule has 0 heterocycles. The maximum atomic E-state index is 10.7. The van der Waals surface area contributed by atoms with Crippen molar-refractivity contribution in [1.82, 2.24) is 0 Å². The van der Waals surface area contributed by atoms with Crippen LogP contribution in [-0.4, -0.2) is 19.6 Å². The predicted molar refractivity (Wildman–Crippen MR) is 113 cm³/mol. The van der Waals surface area contributed by atoms with Gasteiger partial charge in [-0.1, -0.05) is 109 Å². The van der Waals surface area contributed by atoms with Gasteiger partial charge in [-0.2, -0.15) is 0 Å². The summed E-state index contributed by atoms with van der Waals surface area (Å²) in [6.45, 7) is 4.41. The number of unbranched alkanes of at least 4 members (excludes halogenated alkanes) is 13. The van der Waals surface area contributed by atoms with Gasteiger partial charge >= 0.3 is 29.6 Å².